The first-order valence-corrected chi connectivity index (χ1v) is 11.9. The van der Waals surface area contributed by atoms with Crippen LogP contribution in [-0.4, -0.2) is 59.0 Å². The zero-order valence-corrected chi connectivity index (χ0v) is 20.1. The van der Waals surface area contributed by atoms with E-state index in [1.807, 2.05) is 19.1 Å². The molecule has 2 aliphatic rings. The molecule has 8 nitrogen and oxygen atoms in total. The SMILES string of the molecule is CC1=CC(=NOCC(=O)N2CCCCC2)Cc2c(Cl)c(O)cc(O)c2C(=O)OCCC=CCC1. The maximum atomic E-state index is 12.7. The number of carbonyl (C=O) groups is 2. The number of phenols is 2. The van der Waals surface area contributed by atoms with Crippen LogP contribution in [0.4, 0.5) is 0 Å². The number of hydrogen-bond donors (Lipinski definition) is 2. The number of oxime groups is 1. The molecular weight excluding hydrogens is 460 g/mol. The van der Waals surface area contributed by atoms with E-state index in [0.717, 1.165) is 56.8 Å². The number of esters is 1. The van der Waals surface area contributed by atoms with E-state index in [4.69, 9.17) is 21.2 Å². The topological polar surface area (TPSA) is 109 Å². The molecule has 3 rings (SSSR count). The van der Waals surface area contributed by atoms with Gasteiger partial charge in [0.05, 0.1) is 17.3 Å². The second kappa shape index (κ2) is 12.5. The number of phenolic OH excluding ortho intramolecular Hbond substituents is 2. The number of fused-ring (bicyclic) bond motifs is 1. The van der Waals surface area contributed by atoms with Crippen molar-refractivity contribution >= 4 is 29.2 Å². The Morgan fingerprint density at radius 3 is 2.68 bits per heavy atom. The molecular formula is C25H31ClN2O6. The van der Waals surface area contributed by atoms with Crippen LogP contribution in [0, 0.1) is 0 Å². The van der Waals surface area contributed by atoms with Crippen molar-refractivity contribution in [1.29, 1.82) is 0 Å². The molecule has 0 atom stereocenters. The summed E-state index contributed by atoms with van der Waals surface area (Å²) in [4.78, 5) is 32.3. The molecule has 1 aromatic carbocycles. The molecule has 0 bridgehead atoms. The quantitative estimate of drug-likeness (QED) is 0.366. The number of hydrogen-bond acceptors (Lipinski definition) is 7. The summed E-state index contributed by atoms with van der Waals surface area (Å²) in [6.07, 6.45) is 10.9. The Kier molecular flexibility index (Phi) is 9.39. The van der Waals surface area contributed by atoms with Gasteiger partial charge in [-0.05, 0) is 57.1 Å². The average molecular weight is 491 g/mol. The zero-order chi connectivity index (χ0) is 24.5. The van der Waals surface area contributed by atoms with Crippen LogP contribution in [0.25, 0.3) is 0 Å². The summed E-state index contributed by atoms with van der Waals surface area (Å²) in [6, 6.07) is 1.01. The molecule has 1 aromatic rings. The first-order chi connectivity index (χ1) is 16.4. The number of ether oxygens (including phenoxy) is 1. The minimum atomic E-state index is -0.749. The average Bonchev–Trinajstić information content (AvgIpc) is 2.81. The smallest absolute Gasteiger partial charge is 0.342 e. The standard InChI is InChI=1S/C25H31ClN2O6/c1-17-9-5-2-3-8-12-33-25(32)23-19(24(26)21(30)15-20(23)29)14-18(13-17)27-34-16-22(31)28-10-6-4-7-11-28/h2-3,13,15,29-30H,4-12,14,16H2,1H3. The first-order valence-electron chi connectivity index (χ1n) is 11.6. The molecule has 1 saturated heterocycles. The molecule has 0 unspecified atom stereocenters. The van der Waals surface area contributed by atoms with Crippen molar-refractivity contribution in [2.45, 2.75) is 51.9 Å². The molecule has 1 amide bonds. The fourth-order valence-corrected chi connectivity index (χ4v) is 4.18. The van der Waals surface area contributed by atoms with E-state index in [9.17, 15) is 19.8 Å². The van der Waals surface area contributed by atoms with Gasteiger partial charge in [-0.3, -0.25) is 4.79 Å². The lowest BCUT2D eigenvalue weighted by atomic mass is 9.98. The Labute approximate surface area is 204 Å². The fraction of sp³-hybridized carbons (Fsp3) is 0.480. The van der Waals surface area contributed by atoms with Gasteiger partial charge in [-0.25, -0.2) is 4.79 Å². The summed E-state index contributed by atoms with van der Waals surface area (Å²) in [5.41, 5.74) is 1.44. The van der Waals surface area contributed by atoms with Gasteiger partial charge in [0.1, 0.15) is 17.1 Å². The zero-order valence-electron chi connectivity index (χ0n) is 19.4. The summed E-state index contributed by atoms with van der Waals surface area (Å²) in [7, 11) is 0. The van der Waals surface area contributed by atoms with E-state index >= 15 is 0 Å². The van der Waals surface area contributed by atoms with E-state index in [1.54, 1.807) is 11.0 Å². The number of benzene rings is 1. The van der Waals surface area contributed by atoms with Gasteiger partial charge in [-0.1, -0.05) is 34.5 Å². The molecule has 0 aliphatic carbocycles. The molecule has 9 heteroatoms. The summed E-state index contributed by atoms with van der Waals surface area (Å²) in [5.74, 6) is -1.68. The van der Waals surface area contributed by atoms with Crippen molar-refractivity contribution in [2.24, 2.45) is 5.16 Å². The number of piperidine rings is 1. The second-order valence-corrected chi connectivity index (χ2v) is 8.86. The number of cyclic esters (lactones) is 1. The number of allylic oxidation sites excluding steroid dienone is 3. The third-order valence-electron chi connectivity index (χ3n) is 5.76. The molecule has 2 heterocycles. The van der Waals surface area contributed by atoms with Gasteiger partial charge in [0.15, 0.2) is 6.61 Å². The van der Waals surface area contributed by atoms with Crippen LogP contribution < -0.4 is 0 Å². The largest absolute Gasteiger partial charge is 0.507 e. The van der Waals surface area contributed by atoms with Crippen LogP contribution in [0.2, 0.25) is 5.02 Å². The van der Waals surface area contributed by atoms with Crippen molar-refractivity contribution in [3.63, 3.8) is 0 Å². The predicted molar refractivity (Wildman–Crippen MR) is 129 cm³/mol. The Morgan fingerprint density at radius 2 is 1.91 bits per heavy atom. The predicted octanol–water partition coefficient (Wildman–Crippen LogP) is 4.52. The van der Waals surface area contributed by atoms with Crippen molar-refractivity contribution in [2.75, 3.05) is 26.3 Å². The molecule has 1 fully saturated rings. The van der Waals surface area contributed by atoms with Gasteiger partial charge in [0, 0.05) is 25.6 Å². The van der Waals surface area contributed by atoms with Gasteiger partial charge in [0.25, 0.3) is 5.91 Å². The van der Waals surface area contributed by atoms with Crippen LogP contribution in [0.1, 0.15) is 61.4 Å². The van der Waals surface area contributed by atoms with Gasteiger partial charge in [0.2, 0.25) is 0 Å². The Bertz CT molecular complexity index is 996. The fourth-order valence-electron chi connectivity index (χ4n) is 3.97. The highest BCUT2D eigenvalue weighted by Crippen LogP contribution is 2.37. The minimum absolute atomic E-state index is 0.0175. The van der Waals surface area contributed by atoms with Crippen molar-refractivity contribution in [3.05, 3.63) is 46.0 Å². The normalized spacial score (nSPS) is 19.1. The summed E-state index contributed by atoms with van der Waals surface area (Å²) in [6.45, 7) is 3.33. The highest BCUT2D eigenvalue weighted by Gasteiger charge is 2.25. The monoisotopic (exact) mass is 490 g/mol. The van der Waals surface area contributed by atoms with E-state index in [0.29, 0.717) is 12.1 Å². The third-order valence-corrected chi connectivity index (χ3v) is 6.19. The lowest BCUT2D eigenvalue weighted by Crippen LogP contribution is -2.37. The summed E-state index contributed by atoms with van der Waals surface area (Å²) < 4.78 is 5.30. The number of likely N-dealkylation sites (tertiary alicyclic amines) is 1. The van der Waals surface area contributed by atoms with E-state index in [1.165, 1.54) is 0 Å². The lowest BCUT2D eigenvalue weighted by Gasteiger charge is -2.26. The Morgan fingerprint density at radius 1 is 1.18 bits per heavy atom. The minimum Gasteiger partial charge on any atom is -0.507 e. The number of carbonyl (C=O) groups excluding carboxylic acids is 2. The van der Waals surface area contributed by atoms with E-state index < -0.39 is 11.7 Å². The molecule has 2 N–H and O–H groups in total. The van der Waals surface area contributed by atoms with Crippen LogP contribution in [0.5, 0.6) is 11.5 Å². The van der Waals surface area contributed by atoms with Gasteiger partial charge >= 0.3 is 5.97 Å². The lowest BCUT2D eigenvalue weighted by molar-refractivity contribution is -0.137. The van der Waals surface area contributed by atoms with E-state index in [2.05, 4.69) is 5.16 Å². The number of halogens is 1. The molecule has 0 radical (unpaired) electrons. The number of nitrogens with zero attached hydrogens (tertiary/aromatic N) is 2. The molecule has 2 aliphatic heterocycles. The third kappa shape index (κ3) is 7.00. The highest BCUT2D eigenvalue weighted by atomic mass is 35.5. The van der Waals surface area contributed by atoms with Gasteiger partial charge < -0.3 is 24.7 Å². The van der Waals surface area contributed by atoms with Crippen LogP contribution >= 0.6 is 11.6 Å². The Balaban J connectivity index is 1.91. The van der Waals surface area contributed by atoms with Crippen LogP contribution in [-0.2, 0) is 20.8 Å². The van der Waals surface area contributed by atoms with Crippen LogP contribution in [0.15, 0.2) is 35.0 Å². The molecule has 0 saturated carbocycles. The van der Waals surface area contributed by atoms with Gasteiger partial charge in [-0.15, -0.1) is 0 Å². The van der Waals surface area contributed by atoms with Crippen LogP contribution in [0.3, 0.4) is 0 Å². The molecule has 0 aromatic heterocycles. The number of amides is 1. The first kappa shape index (κ1) is 25.6. The highest BCUT2D eigenvalue weighted by molar-refractivity contribution is 6.33. The van der Waals surface area contributed by atoms with Crippen molar-refractivity contribution < 1.29 is 29.4 Å². The second-order valence-electron chi connectivity index (χ2n) is 8.48. The maximum absolute atomic E-state index is 12.7. The molecule has 184 valence electrons. The van der Waals surface area contributed by atoms with Crippen molar-refractivity contribution in [1.82, 2.24) is 4.90 Å². The Hall–Kier alpha value is -3.00. The number of aromatic hydroxyl groups is 2. The summed E-state index contributed by atoms with van der Waals surface area (Å²) in [5, 5.41) is 24.6. The molecule has 0 spiro atoms. The molecule has 34 heavy (non-hydrogen) atoms. The van der Waals surface area contributed by atoms with Gasteiger partial charge in [-0.2, -0.15) is 0 Å². The number of rotatable bonds is 3. The van der Waals surface area contributed by atoms with E-state index in [-0.39, 0.29) is 47.4 Å². The summed E-state index contributed by atoms with van der Waals surface area (Å²) >= 11 is 6.33. The maximum Gasteiger partial charge on any atom is 0.342 e. The van der Waals surface area contributed by atoms with Crippen molar-refractivity contribution in [3.8, 4) is 11.5 Å².